The van der Waals surface area contributed by atoms with Crippen LogP contribution in [0.4, 0.5) is 33.1 Å². The van der Waals surface area contributed by atoms with Gasteiger partial charge in [-0.1, -0.05) is 6.07 Å². The normalized spacial score (nSPS) is 19.8. The Labute approximate surface area is 329 Å². The molecular formula is C41H45FN10O5. The maximum absolute atomic E-state index is 15.4. The van der Waals surface area contributed by atoms with Gasteiger partial charge in [0.1, 0.15) is 23.9 Å². The van der Waals surface area contributed by atoms with Crippen molar-refractivity contribution >= 4 is 46.4 Å². The quantitative estimate of drug-likeness (QED) is 0.213. The number of nitrogens with one attached hydrogen (secondary N) is 3. The largest absolute Gasteiger partial charge is 0.481 e. The Balaban J connectivity index is 0.736. The highest BCUT2D eigenvalue weighted by molar-refractivity contribution is 5.99. The Morgan fingerprint density at radius 3 is 2.61 bits per heavy atom. The maximum atomic E-state index is 15.4. The first-order valence-corrected chi connectivity index (χ1v) is 19.6. The van der Waals surface area contributed by atoms with Gasteiger partial charge in [0, 0.05) is 94.4 Å². The zero-order valence-corrected chi connectivity index (χ0v) is 31.8. The molecule has 16 heteroatoms. The number of hydrogen-bond donors (Lipinski definition) is 3. The number of amides is 3. The number of rotatable bonds is 9. The molecule has 9 rings (SSSR count). The number of aromatic nitrogens is 3. The first-order chi connectivity index (χ1) is 27.7. The molecule has 296 valence electrons. The predicted molar refractivity (Wildman–Crippen MR) is 211 cm³/mol. The van der Waals surface area contributed by atoms with Crippen molar-refractivity contribution < 1.29 is 28.2 Å². The third kappa shape index (κ3) is 7.73. The number of benzene rings is 2. The van der Waals surface area contributed by atoms with Gasteiger partial charge in [0.15, 0.2) is 6.10 Å². The highest BCUT2D eigenvalue weighted by Gasteiger charge is 2.35. The molecule has 5 aliphatic rings. The van der Waals surface area contributed by atoms with Crippen molar-refractivity contribution in [2.75, 3.05) is 79.4 Å². The molecule has 4 aromatic rings. The van der Waals surface area contributed by atoms with E-state index in [2.05, 4.69) is 47.5 Å². The summed E-state index contributed by atoms with van der Waals surface area (Å²) in [6.07, 6.45) is 4.48. The third-order valence-corrected chi connectivity index (χ3v) is 11.6. The number of piperazine rings is 1. The Kier molecular flexibility index (Phi) is 9.94. The minimum atomic E-state index is -0.659. The van der Waals surface area contributed by atoms with Gasteiger partial charge in [-0.3, -0.25) is 24.6 Å². The fourth-order valence-electron chi connectivity index (χ4n) is 8.19. The van der Waals surface area contributed by atoms with Gasteiger partial charge >= 0.3 is 0 Å². The number of imide groups is 1. The van der Waals surface area contributed by atoms with Crippen molar-refractivity contribution in [1.82, 2.24) is 30.1 Å². The van der Waals surface area contributed by atoms with Crippen LogP contribution >= 0.6 is 0 Å². The molecule has 1 unspecified atom stereocenters. The summed E-state index contributed by atoms with van der Waals surface area (Å²) in [5.41, 5.74) is 6.99. The summed E-state index contributed by atoms with van der Waals surface area (Å²) < 4.78 is 26.9. The summed E-state index contributed by atoms with van der Waals surface area (Å²) >= 11 is 0. The van der Waals surface area contributed by atoms with E-state index in [1.54, 1.807) is 12.1 Å². The van der Waals surface area contributed by atoms with Gasteiger partial charge in [-0.15, -0.1) is 0 Å². The van der Waals surface area contributed by atoms with Gasteiger partial charge < -0.3 is 34.8 Å². The molecule has 3 amide bonds. The molecule has 2 aromatic heterocycles. The summed E-state index contributed by atoms with van der Waals surface area (Å²) in [5.74, 6) is 0.419. The van der Waals surface area contributed by atoms with Crippen LogP contribution in [0, 0.1) is 12.7 Å². The number of anilines is 5. The fourth-order valence-corrected chi connectivity index (χ4v) is 8.19. The van der Waals surface area contributed by atoms with Crippen molar-refractivity contribution in [3.8, 4) is 11.6 Å². The summed E-state index contributed by atoms with van der Waals surface area (Å²) in [5, 5.41) is 8.88. The monoisotopic (exact) mass is 776 g/mol. The van der Waals surface area contributed by atoms with Crippen molar-refractivity contribution in [2.24, 2.45) is 0 Å². The van der Waals surface area contributed by atoms with Crippen LogP contribution in [-0.4, -0.2) is 114 Å². The lowest BCUT2D eigenvalue weighted by atomic mass is 10.0. The standard InChI is InChI=1S/C41H45FN10O5/c1-25-34(21-44-40-38(25)43-11-17-56-40)51-12-10-27-20-45-41(47-33(27)24-51)46-28-3-2-26(32(42)19-28)18-37(54)50-15-13-49(14-16-50)30-22-52(23-30)29-4-6-31(7-5-29)57-35-8-9-36(53)48-39(35)55/h2-7,19-21,30,35,43H,8-18,22-24H2,1H3,(H,45,46,47)(H,48,53,55). The number of ether oxygens (including phenoxy) is 2. The minimum Gasteiger partial charge on any atom is -0.481 e. The zero-order chi connectivity index (χ0) is 39.0. The molecular weight excluding hydrogens is 732 g/mol. The molecule has 1 atom stereocenters. The first kappa shape index (κ1) is 36.6. The molecule has 2 aromatic carbocycles. The lowest BCUT2D eigenvalue weighted by Crippen LogP contribution is -2.63. The summed E-state index contributed by atoms with van der Waals surface area (Å²) in [7, 11) is 0. The SMILES string of the molecule is Cc1c(N2CCc3cnc(Nc4ccc(CC(=O)N5CCN(C6CN(c7ccc(OC8CCC(=O)NC8=O)cc7)C6)CC5)c(F)c4)nc3C2)cnc2c1NCCO2. The molecule has 0 radical (unpaired) electrons. The molecule has 3 fully saturated rings. The molecule has 7 heterocycles. The summed E-state index contributed by atoms with van der Waals surface area (Å²) in [6, 6.07) is 12.9. The average molecular weight is 777 g/mol. The van der Waals surface area contributed by atoms with Crippen LogP contribution in [0.25, 0.3) is 0 Å². The average Bonchev–Trinajstić information content (AvgIpc) is 3.20. The number of piperidine rings is 1. The van der Waals surface area contributed by atoms with Crippen LogP contribution in [0.3, 0.4) is 0 Å². The van der Waals surface area contributed by atoms with Crippen LogP contribution in [0.5, 0.6) is 11.6 Å². The molecule has 0 saturated carbocycles. The van der Waals surface area contributed by atoms with E-state index in [-0.39, 0.29) is 24.7 Å². The number of carbonyl (C=O) groups excluding carboxylic acids is 3. The van der Waals surface area contributed by atoms with Crippen LogP contribution in [0.1, 0.15) is 35.2 Å². The van der Waals surface area contributed by atoms with E-state index in [0.29, 0.717) is 67.5 Å². The summed E-state index contributed by atoms with van der Waals surface area (Å²) in [4.78, 5) is 59.3. The molecule has 15 nitrogen and oxygen atoms in total. The van der Waals surface area contributed by atoms with E-state index in [1.165, 1.54) is 6.07 Å². The lowest BCUT2D eigenvalue weighted by Gasteiger charge is -2.49. The van der Waals surface area contributed by atoms with Crippen LogP contribution in [0.15, 0.2) is 54.9 Å². The van der Waals surface area contributed by atoms with Crippen LogP contribution in [0.2, 0.25) is 0 Å². The fraction of sp³-hybridized carbons (Fsp3) is 0.415. The van der Waals surface area contributed by atoms with Gasteiger partial charge in [0.05, 0.1) is 30.5 Å². The van der Waals surface area contributed by atoms with Crippen LogP contribution < -0.4 is 35.2 Å². The van der Waals surface area contributed by atoms with Gasteiger partial charge in [0.2, 0.25) is 23.6 Å². The van der Waals surface area contributed by atoms with Gasteiger partial charge in [-0.05, 0) is 60.9 Å². The van der Waals surface area contributed by atoms with E-state index < -0.39 is 17.8 Å². The number of carbonyl (C=O) groups is 3. The number of halogens is 1. The molecule has 0 aliphatic carbocycles. The topological polar surface area (TPSA) is 157 Å². The number of fused-ring (bicyclic) bond motifs is 2. The Morgan fingerprint density at radius 2 is 1.82 bits per heavy atom. The smallest absolute Gasteiger partial charge is 0.267 e. The molecule has 57 heavy (non-hydrogen) atoms. The third-order valence-electron chi connectivity index (χ3n) is 11.6. The number of pyridine rings is 1. The summed E-state index contributed by atoms with van der Waals surface area (Å²) in [6.45, 7) is 9.32. The Bertz CT molecular complexity index is 2190. The van der Waals surface area contributed by atoms with E-state index >= 15 is 4.39 Å². The zero-order valence-electron chi connectivity index (χ0n) is 31.8. The van der Waals surface area contributed by atoms with Gasteiger partial charge in [0.25, 0.3) is 5.91 Å². The van der Waals surface area contributed by atoms with E-state index in [1.807, 2.05) is 41.6 Å². The van der Waals surface area contributed by atoms with Crippen molar-refractivity contribution in [1.29, 1.82) is 0 Å². The maximum Gasteiger partial charge on any atom is 0.267 e. The molecule has 0 spiro atoms. The van der Waals surface area contributed by atoms with Gasteiger partial charge in [-0.2, -0.15) is 0 Å². The molecule has 3 saturated heterocycles. The molecule has 5 aliphatic heterocycles. The molecule has 0 bridgehead atoms. The lowest BCUT2D eigenvalue weighted by molar-refractivity contribution is -0.139. The van der Waals surface area contributed by atoms with Crippen LogP contribution in [-0.2, 0) is 33.8 Å². The van der Waals surface area contributed by atoms with Crippen molar-refractivity contribution in [2.45, 2.75) is 51.3 Å². The van der Waals surface area contributed by atoms with E-state index in [4.69, 9.17) is 14.5 Å². The Morgan fingerprint density at radius 1 is 1.00 bits per heavy atom. The number of nitrogens with zero attached hydrogens (tertiary/aromatic N) is 7. The Hall–Kier alpha value is -6.03. The van der Waals surface area contributed by atoms with E-state index in [0.717, 1.165) is 79.6 Å². The first-order valence-electron chi connectivity index (χ1n) is 19.6. The predicted octanol–water partition coefficient (Wildman–Crippen LogP) is 3.19. The second-order valence-corrected chi connectivity index (χ2v) is 15.2. The van der Waals surface area contributed by atoms with Crippen molar-refractivity contribution in [3.63, 3.8) is 0 Å². The second-order valence-electron chi connectivity index (χ2n) is 15.2. The highest BCUT2D eigenvalue weighted by Crippen LogP contribution is 2.36. The van der Waals surface area contributed by atoms with E-state index in [9.17, 15) is 14.4 Å². The number of hydrogen-bond acceptors (Lipinski definition) is 13. The second kappa shape index (κ2) is 15.5. The van der Waals surface area contributed by atoms with Gasteiger partial charge in [-0.25, -0.2) is 19.3 Å². The minimum absolute atomic E-state index is 0.00361. The van der Waals surface area contributed by atoms with Crippen molar-refractivity contribution in [3.05, 3.63) is 83.1 Å². The molecule has 3 N–H and O–H groups in total. The highest BCUT2D eigenvalue weighted by atomic mass is 19.1.